The number of hydrogen-bond acceptors (Lipinski definition) is 2. The first-order valence-corrected chi connectivity index (χ1v) is 9.33. The average Bonchev–Trinajstić information content (AvgIpc) is 2.77. The largest absolute Gasteiger partial charge is 0.393 e. The molecule has 4 aliphatic rings. The van der Waals surface area contributed by atoms with Crippen LogP contribution in [0.1, 0.15) is 71.6 Å². The normalized spacial score (nSPS) is 60.0. The van der Waals surface area contributed by atoms with Crippen molar-refractivity contribution in [2.45, 2.75) is 83.8 Å². The van der Waals surface area contributed by atoms with E-state index < -0.39 is 0 Å². The lowest BCUT2D eigenvalue weighted by Crippen LogP contribution is -2.57. The van der Waals surface area contributed by atoms with Crippen molar-refractivity contribution in [1.29, 1.82) is 0 Å². The van der Waals surface area contributed by atoms with Crippen LogP contribution in [-0.4, -0.2) is 22.4 Å². The minimum absolute atomic E-state index is 0.0154. The van der Waals surface area contributed by atoms with Gasteiger partial charge in [0, 0.05) is 0 Å². The highest BCUT2D eigenvalue weighted by Crippen LogP contribution is 2.66. The van der Waals surface area contributed by atoms with Crippen LogP contribution < -0.4 is 0 Å². The summed E-state index contributed by atoms with van der Waals surface area (Å²) in [6.45, 7) is 4.77. The van der Waals surface area contributed by atoms with Gasteiger partial charge in [-0.05, 0) is 79.4 Å². The van der Waals surface area contributed by atoms with Crippen LogP contribution in [0.3, 0.4) is 0 Å². The first kappa shape index (κ1) is 14.5. The minimum Gasteiger partial charge on any atom is -0.393 e. The van der Waals surface area contributed by atoms with Gasteiger partial charge in [-0.1, -0.05) is 26.7 Å². The van der Waals surface area contributed by atoms with Gasteiger partial charge in [0.15, 0.2) is 0 Å². The second kappa shape index (κ2) is 4.71. The van der Waals surface area contributed by atoms with E-state index in [2.05, 4.69) is 13.8 Å². The Bertz CT molecular complexity index is 422. The fourth-order valence-corrected chi connectivity index (χ4v) is 7.27. The highest BCUT2D eigenvalue weighted by Gasteiger charge is 2.62. The van der Waals surface area contributed by atoms with Crippen molar-refractivity contribution in [3.63, 3.8) is 0 Å². The lowest BCUT2D eigenvalue weighted by Gasteiger charge is -2.61. The molecule has 0 amide bonds. The van der Waals surface area contributed by atoms with Crippen molar-refractivity contribution >= 4 is 0 Å². The molecule has 8 atom stereocenters. The van der Waals surface area contributed by atoms with Crippen LogP contribution in [-0.2, 0) is 0 Å². The second-order valence-corrected chi connectivity index (χ2v) is 9.19. The first-order valence-electron chi connectivity index (χ1n) is 9.33. The van der Waals surface area contributed by atoms with Gasteiger partial charge in [-0.3, -0.25) is 0 Å². The Kier molecular flexibility index (Phi) is 3.25. The van der Waals surface area contributed by atoms with Gasteiger partial charge in [-0.2, -0.15) is 0 Å². The molecule has 4 saturated carbocycles. The Balaban J connectivity index is 1.70. The number of aliphatic hydroxyl groups excluding tert-OH is 2. The van der Waals surface area contributed by atoms with Crippen molar-refractivity contribution in [3.05, 3.63) is 0 Å². The average molecular weight is 292 g/mol. The molecule has 0 aromatic carbocycles. The van der Waals surface area contributed by atoms with Gasteiger partial charge >= 0.3 is 0 Å². The molecule has 2 nitrogen and oxygen atoms in total. The van der Waals surface area contributed by atoms with E-state index >= 15 is 0 Å². The van der Waals surface area contributed by atoms with Crippen LogP contribution in [0.25, 0.3) is 0 Å². The predicted octanol–water partition coefficient (Wildman–Crippen LogP) is 3.75. The smallest absolute Gasteiger partial charge is 0.0600 e. The molecule has 0 aromatic rings. The van der Waals surface area contributed by atoms with Crippen LogP contribution >= 0.6 is 0 Å². The van der Waals surface area contributed by atoms with Gasteiger partial charge in [-0.25, -0.2) is 0 Å². The minimum atomic E-state index is -0.196. The fourth-order valence-electron chi connectivity index (χ4n) is 7.27. The van der Waals surface area contributed by atoms with Crippen molar-refractivity contribution in [2.75, 3.05) is 0 Å². The van der Waals surface area contributed by atoms with Gasteiger partial charge in [0.1, 0.15) is 0 Å². The topological polar surface area (TPSA) is 40.5 Å². The van der Waals surface area contributed by atoms with Gasteiger partial charge in [0.2, 0.25) is 0 Å². The lowest BCUT2D eigenvalue weighted by molar-refractivity contribution is -0.167. The monoisotopic (exact) mass is 292 g/mol. The third kappa shape index (κ3) is 1.84. The standard InChI is InChI=1S/C19H32O2/c1-18-9-4-3-5-12(18)6-7-13-14(18)11-16(21)19(2)10-8-15(20)17(13)19/h12-17,20-21H,3-11H2,1-2H3/t12-,13-,14+,15+,16+,17+,18+,19-/m1/s1. The summed E-state index contributed by atoms with van der Waals surface area (Å²) in [5, 5.41) is 21.5. The molecule has 0 radical (unpaired) electrons. The SMILES string of the molecule is C[C@]12CC[C@H](O)[C@@H]1[C@@H]1CC[C@H]3CCCC[C@]3(C)[C@H]1C[C@@H]2O. The summed E-state index contributed by atoms with van der Waals surface area (Å²) in [4.78, 5) is 0. The van der Waals surface area contributed by atoms with E-state index in [1.54, 1.807) is 0 Å². The molecule has 2 heteroatoms. The summed E-state index contributed by atoms with van der Waals surface area (Å²) in [5.41, 5.74) is 0.421. The molecule has 21 heavy (non-hydrogen) atoms. The molecule has 2 N–H and O–H groups in total. The van der Waals surface area contributed by atoms with Crippen molar-refractivity contribution in [3.8, 4) is 0 Å². The third-order valence-corrected chi connectivity index (χ3v) is 8.52. The zero-order valence-electron chi connectivity index (χ0n) is 13.7. The number of rotatable bonds is 0. The summed E-state index contributed by atoms with van der Waals surface area (Å²) in [6.07, 6.45) is 10.8. The maximum absolute atomic E-state index is 10.9. The first-order chi connectivity index (χ1) is 9.97. The Hall–Kier alpha value is -0.0800. The lowest BCUT2D eigenvalue weighted by atomic mass is 9.44. The second-order valence-electron chi connectivity index (χ2n) is 9.19. The molecule has 0 aromatic heterocycles. The van der Waals surface area contributed by atoms with Gasteiger partial charge in [-0.15, -0.1) is 0 Å². The number of aliphatic hydroxyl groups is 2. The Morgan fingerprint density at radius 2 is 1.67 bits per heavy atom. The summed E-state index contributed by atoms with van der Waals surface area (Å²) < 4.78 is 0. The van der Waals surface area contributed by atoms with E-state index in [4.69, 9.17) is 0 Å². The van der Waals surface area contributed by atoms with Crippen LogP contribution in [0.15, 0.2) is 0 Å². The molecular formula is C19H32O2. The van der Waals surface area contributed by atoms with Gasteiger partial charge in [0.05, 0.1) is 12.2 Å². The molecule has 0 saturated heterocycles. The Morgan fingerprint density at radius 1 is 0.857 bits per heavy atom. The van der Waals surface area contributed by atoms with Crippen molar-refractivity contribution in [1.82, 2.24) is 0 Å². The summed E-state index contributed by atoms with van der Waals surface area (Å²) in [7, 11) is 0. The number of hydrogen-bond donors (Lipinski definition) is 2. The highest BCUT2D eigenvalue weighted by atomic mass is 16.3. The summed E-state index contributed by atoms with van der Waals surface area (Å²) >= 11 is 0. The highest BCUT2D eigenvalue weighted by molar-refractivity contribution is 5.11. The molecule has 4 aliphatic carbocycles. The molecule has 0 unspecified atom stereocenters. The Labute approximate surface area is 129 Å². The van der Waals surface area contributed by atoms with Gasteiger partial charge < -0.3 is 10.2 Å². The third-order valence-electron chi connectivity index (χ3n) is 8.52. The predicted molar refractivity (Wildman–Crippen MR) is 83.7 cm³/mol. The van der Waals surface area contributed by atoms with Crippen LogP contribution in [0.2, 0.25) is 0 Å². The summed E-state index contributed by atoms with van der Waals surface area (Å²) in [5.74, 6) is 2.54. The fraction of sp³-hybridized carbons (Fsp3) is 1.00. The zero-order chi connectivity index (χ0) is 14.8. The zero-order valence-corrected chi connectivity index (χ0v) is 13.7. The summed E-state index contributed by atoms with van der Waals surface area (Å²) in [6, 6.07) is 0. The van der Waals surface area contributed by atoms with E-state index in [-0.39, 0.29) is 17.6 Å². The molecule has 0 aliphatic heterocycles. The quantitative estimate of drug-likeness (QED) is 0.714. The molecular weight excluding hydrogens is 260 g/mol. The Morgan fingerprint density at radius 3 is 2.48 bits per heavy atom. The van der Waals surface area contributed by atoms with E-state index in [1.165, 1.54) is 38.5 Å². The van der Waals surface area contributed by atoms with E-state index in [0.717, 1.165) is 25.2 Å². The molecule has 0 heterocycles. The molecule has 120 valence electrons. The van der Waals surface area contributed by atoms with Crippen LogP contribution in [0.4, 0.5) is 0 Å². The van der Waals surface area contributed by atoms with E-state index in [0.29, 0.717) is 23.2 Å². The molecule has 4 fully saturated rings. The van der Waals surface area contributed by atoms with Crippen LogP contribution in [0, 0.1) is 34.5 Å². The van der Waals surface area contributed by atoms with Crippen molar-refractivity contribution in [2.24, 2.45) is 34.5 Å². The maximum Gasteiger partial charge on any atom is 0.0600 e. The van der Waals surface area contributed by atoms with Crippen LogP contribution in [0.5, 0.6) is 0 Å². The van der Waals surface area contributed by atoms with E-state index in [1.807, 2.05) is 0 Å². The van der Waals surface area contributed by atoms with Crippen molar-refractivity contribution < 1.29 is 10.2 Å². The van der Waals surface area contributed by atoms with Gasteiger partial charge in [0.25, 0.3) is 0 Å². The molecule has 0 spiro atoms. The molecule has 0 bridgehead atoms. The number of fused-ring (bicyclic) bond motifs is 5. The molecule has 4 rings (SSSR count). The maximum atomic E-state index is 10.9. The van der Waals surface area contributed by atoms with E-state index in [9.17, 15) is 10.2 Å².